The first-order valence-corrected chi connectivity index (χ1v) is 7.70. The smallest absolute Gasteiger partial charge is 0.120 e. The summed E-state index contributed by atoms with van der Waals surface area (Å²) in [6.07, 6.45) is 0.857. The van der Waals surface area contributed by atoms with Crippen molar-refractivity contribution in [2.75, 3.05) is 5.32 Å². The number of anilines is 1. The number of aromatic hydroxyl groups is 1. The Hall–Kier alpha value is -1.19. The fourth-order valence-corrected chi connectivity index (χ4v) is 2.86. The molecule has 0 fully saturated rings. The molecule has 0 spiro atoms. The highest BCUT2D eigenvalue weighted by Crippen LogP contribution is 2.34. The first kappa shape index (κ1) is 15.2. The van der Waals surface area contributed by atoms with Crippen molar-refractivity contribution in [2.24, 2.45) is 0 Å². The molecular formula is C16H17BrClNO. The summed E-state index contributed by atoms with van der Waals surface area (Å²) in [7, 11) is 0. The number of para-hydroxylation sites is 1. The summed E-state index contributed by atoms with van der Waals surface area (Å²) >= 11 is 9.73. The van der Waals surface area contributed by atoms with Crippen molar-refractivity contribution in [1.29, 1.82) is 0 Å². The summed E-state index contributed by atoms with van der Waals surface area (Å²) in [5.74, 6) is 0.307. The van der Waals surface area contributed by atoms with Crippen LogP contribution in [-0.2, 0) is 0 Å². The summed E-state index contributed by atoms with van der Waals surface area (Å²) in [6.45, 7) is 4.05. The maximum atomic E-state index is 9.98. The predicted octanol–water partition coefficient (Wildman–Crippen LogP) is 5.68. The quantitative estimate of drug-likeness (QED) is 0.740. The molecule has 2 nitrogen and oxygen atoms in total. The highest BCUT2D eigenvalue weighted by atomic mass is 79.9. The summed E-state index contributed by atoms with van der Waals surface area (Å²) in [5, 5.41) is 14.1. The Morgan fingerprint density at radius 2 is 2.00 bits per heavy atom. The van der Waals surface area contributed by atoms with Crippen LogP contribution in [-0.4, -0.2) is 5.11 Å². The molecule has 2 aromatic rings. The van der Waals surface area contributed by atoms with E-state index in [1.165, 1.54) is 0 Å². The first-order chi connectivity index (χ1) is 9.52. The van der Waals surface area contributed by atoms with E-state index in [0.29, 0.717) is 5.75 Å². The monoisotopic (exact) mass is 353 g/mol. The van der Waals surface area contributed by atoms with E-state index in [-0.39, 0.29) is 6.04 Å². The van der Waals surface area contributed by atoms with E-state index in [1.807, 2.05) is 37.3 Å². The van der Waals surface area contributed by atoms with Crippen molar-refractivity contribution >= 4 is 33.2 Å². The van der Waals surface area contributed by atoms with Gasteiger partial charge in [-0.3, -0.25) is 0 Å². The average molecular weight is 355 g/mol. The van der Waals surface area contributed by atoms with Crippen molar-refractivity contribution in [1.82, 2.24) is 0 Å². The van der Waals surface area contributed by atoms with Crippen LogP contribution in [0.5, 0.6) is 5.75 Å². The lowest BCUT2D eigenvalue weighted by molar-refractivity contribution is 0.463. The molecule has 20 heavy (non-hydrogen) atoms. The van der Waals surface area contributed by atoms with Crippen molar-refractivity contribution in [3.63, 3.8) is 0 Å². The lowest BCUT2D eigenvalue weighted by Crippen LogP contribution is -2.10. The summed E-state index contributed by atoms with van der Waals surface area (Å²) in [5.41, 5.74) is 2.84. The maximum Gasteiger partial charge on any atom is 0.120 e. The number of rotatable bonds is 4. The van der Waals surface area contributed by atoms with Crippen LogP contribution in [0, 0.1) is 6.92 Å². The second kappa shape index (κ2) is 6.51. The van der Waals surface area contributed by atoms with Gasteiger partial charge >= 0.3 is 0 Å². The number of benzene rings is 2. The third kappa shape index (κ3) is 3.28. The zero-order chi connectivity index (χ0) is 14.7. The van der Waals surface area contributed by atoms with Crippen LogP contribution >= 0.6 is 27.5 Å². The zero-order valence-electron chi connectivity index (χ0n) is 11.5. The number of hydrogen-bond donors (Lipinski definition) is 2. The fraction of sp³-hybridized carbons (Fsp3) is 0.250. The van der Waals surface area contributed by atoms with Gasteiger partial charge in [-0.1, -0.05) is 36.7 Å². The molecule has 0 aromatic heterocycles. The number of phenols is 1. The van der Waals surface area contributed by atoms with E-state index in [9.17, 15) is 5.11 Å². The Morgan fingerprint density at radius 3 is 2.65 bits per heavy atom. The van der Waals surface area contributed by atoms with Crippen molar-refractivity contribution < 1.29 is 5.11 Å². The lowest BCUT2D eigenvalue weighted by Gasteiger charge is -2.21. The molecule has 1 atom stereocenters. The molecule has 0 amide bonds. The second-order valence-corrected chi connectivity index (χ2v) is 6.01. The predicted molar refractivity (Wildman–Crippen MR) is 88.7 cm³/mol. The molecule has 0 bridgehead atoms. The number of halogens is 2. The van der Waals surface area contributed by atoms with Crippen LogP contribution < -0.4 is 5.32 Å². The average Bonchev–Trinajstić information content (AvgIpc) is 2.42. The minimum atomic E-state index is 0.0336. The Balaban J connectivity index is 2.32. The summed E-state index contributed by atoms with van der Waals surface area (Å²) < 4.78 is 0.966. The molecular weight excluding hydrogens is 338 g/mol. The van der Waals surface area contributed by atoms with Gasteiger partial charge in [0.15, 0.2) is 0 Å². The van der Waals surface area contributed by atoms with Crippen LogP contribution in [0.4, 0.5) is 5.69 Å². The maximum absolute atomic E-state index is 9.98. The number of nitrogens with one attached hydrogen (secondary N) is 1. The van der Waals surface area contributed by atoms with E-state index >= 15 is 0 Å². The van der Waals surface area contributed by atoms with Crippen molar-refractivity contribution in [3.8, 4) is 5.75 Å². The van der Waals surface area contributed by atoms with Crippen LogP contribution in [0.15, 0.2) is 40.9 Å². The van der Waals surface area contributed by atoms with Gasteiger partial charge in [-0.25, -0.2) is 0 Å². The molecule has 2 rings (SSSR count). The van der Waals surface area contributed by atoms with E-state index in [2.05, 4.69) is 28.2 Å². The van der Waals surface area contributed by atoms with Crippen LogP contribution in [0.1, 0.15) is 30.5 Å². The van der Waals surface area contributed by atoms with E-state index < -0.39 is 0 Å². The van der Waals surface area contributed by atoms with Gasteiger partial charge in [0.1, 0.15) is 5.75 Å². The van der Waals surface area contributed by atoms with E-state index in [4.69, 9.17) is 11.6 Å². The molecule has 0 saturated heterocycles. The van der Waals surface area contributed by atoms with Gasteiger partial charge in [-0.2, -0.15) is 0 Å². The van der Waals surface area contributed by atoms with Gasteiger partial charge in [0.25, 0.3) is 0 Å². The highest BCUT2D eigenvalue weighted by molar-refractivity contribution is 9.10. The van der Waals surface area contributed by atoms with Gasteiger partial charge in [0.2, 0.25) is 0 Å². The Bertz CT molecular complexity index is 615. The standard InChI is InChI=1S/C16H17BrClNO/c1-3-14(11-6-4-5-7-16(11)20)19-15-9-13(18)10(2)8-12(15)17/h4-9,14,19-20H,3H2,1-2H3. The topological polar surface area (TPSA) is 32.3 Å². The minimum absolute atomic E-state index is 0.0336. The van der Waals surface area contributed by atoms with E-state index in [0.717, 1.165) is 32.7 Å². The SMILES string of the molecule is CCC(Nc1cc(Cl)c(C)cc1Br)c1ccccc1O. The fourth-order valence-electron chi connectivity index (χ4n) is 2.13. The number of hydrogen-bond acceptors (Lipinski definition) is 2. The van der Waals surface area contributed by atoms with Gasteiger partial charge in [-0.05, 0) is 53.0 Å². The summed E-state index contributed by atoms with van der Waals surface area (Å²) in [6, 6.07) is 11.3. The van der Waals surface area contributed by atoms with Crippen LogP contribution in [0.2, 0.25) is 5.02 Å². The van der Waals surface area contributed by atoms with Gasteiger partial charge in [0.05, 0.1) is 11.7 Å². The first-order valence-electron chi connectivity index (χ1n) is 6.53. The normalized spacial score (nSPS) is 12.2. The molecule has 2 N–H and O–H groups in total. The van der Waals surface area contributed by atoms with Crippen molar-refractivity contribution in [3.05, 3.63) is 57.0 Å². The number of aryl methyl sites for hydroxylation is 1. The molecule has 0 saturated carbocycles. The second-order valence-electron chi connectivity index (χ2n) is 4.75. The molecule has 0 aliphatic rings. The zero-order valence-corrected chi connectivity index (χ0v) is 13.8. The molecule has 1 unspecified atom stereocenters. The van der Waals surface area contributed by atoms with Gasteiger partial charge in [-0.15, -0.1) is 0 Å². The van der Waals surface area contributed by atoms with Crippen LogP contribution in [0.3, 0.4) is 0 Å². The van der Waals surface area contributed by atoms with Gasteiger partial charge < -0.3 is 10.4 Å². The third-order valence-electron chi connectivity index (χ3n) is 3.30. The molecule has 0 radical (unpaired) electrons. The molecule has 106 valence electrons. The lowest BCUT2D eigenvalue weighted by atomic mass is 10.0. The van der Waals surface area contributed by atoms with Crippen LogP contribution in [0.25, 0.3) is 0 Å². The molecule has 4 heteroatoms. The largest absolute Gasteiger partial charge is 0.508 e. The van der Waals surface area contributed by atoms with Gasteiger partial charge in [0, 0.05) is 15.1 Å². The minimum Gasteiger partial charge on any atom is -0.508 e. The number of phenolic OH excluding ortho intramolecular Hbond substituents is 1. The van der Waals surface area contributed by atoms with E-state index in [1.54, 1.807) is 6.07 Å². The van der Waals surface area contributed by atoms with Crippen molar-refractivity contribution in [2.45, 2.75) is 26.3 Å². The molecule has 2 aromatic carbocycles. The Morgan fingerprint density at radius 1 is 1.30 bits per heavy atom. The molecule has 0 aliphatic carbocycles. The Kier molecular flexibility index (Phi) is 4.95. The third-order valence-corrected chi connectivity index (χ3v) is 4.36. The Labute approximate surface area is 132 Å². The molecule has 0 heterocycles. The molecule has 0 aliphatic heterocycles. The highest BCUT2D eigenvalue weighted by Gasteiger charge is 2.15. The summed E-state index contributed by atoms with van der Waals surface area (Å²) in [4.78, 5) is 0.